The predicted octanol–water partition coefficient (Wildman–Crippen LogP) is 0.367. The fourth-order valence-electron chi connectivity index (χ4n) is 0.859. The molecule has 0 atom stereocenters. The van der Waals surface area contributed by atoms with Crippen molar-refractivity contribution in [1.29, 1.82) is 0 Å². The Kier molecular flexibility index (Phi) is 6.52. The van der Waals surface area contributed by atoms with Gasteiger partial charge in [-0.2, -0.15) is 0 Å². The van der Waals surface area contributed by atoms with E-state index in [1.807, 2.05) is 0 Å². The molecule has 0 heterocycles. The van der Waals surface area contributed by atoms with E-state index in [4.69, 9.17) is 0 Å². The molecule has 0 N–H and O–H groups in total. The van der Waals surface area contributed by atoms with E-state index in [9.17, 15) is 14.4 Å². The number of hydrogen-bond donors (Lipinski definition) is 0. The average molecular weight is 190 g/mol. The van der Waals surface area contributed by atoms with Crippen LogP contribution in [0.4, 0.5) is 0 Å². The average Bonchev–Trinajstić information content (AvgIpc) is 1.59. The van der Waals surface area contributed by atoms with Gasteiger partial charge in [0.15, 0.2) is 0 Å². The van der Waals surface area contributed by atoms with Crippen LogP contribution in [0, 0.1) is 5.92 Å². The molecule has 0 aromatic rings. The van der Waals surface area contributed by atoms with Crippen LogP contribution >= 0.6 is 0 Å². The maximum Gasteiger partial charge on any atom is 0.147 e. The summed E-state index contributed by atoms with van der Waals surface area (Å²) in [6.45, 7) is 3.73. The summed E-state index contributed by atoms with van der Waals surface area (Å²) in [5, 5.41) is 0. The summed E-state index contributed by atoms with van der Waals surface area (Å²) in [6.07, 6.45) is 0. The van der Waals surface area contributed by atoms with Gasteiger partial charge in [0.2, 0.25) is 0 Å². The van der Waals surface area contributed by atoms with E-state index in [0.717, 1.165) is 0 Å². The van der Waals surface area contributed by atoms with Gasteiger partial charge < -0.3 is 0 Å². The van der Waals surface area contributed by atoms with Crippen LogP contribution in [0.3, 0.4) is 0 Å². The van der Waals surface area contributed by atoms with Crippen LogP contribution in [0.5, 0.6) is 0 Å². The molecule has 3 nitrogen and oxygen atoms in total. The van der Waals surface area contributed by atoms with Crippen molar-refractivity contribution < 1.29 is 36.1 Å². The number of rotatable bonds is 3. The maximum atomic E-state index is 10.6. The van der Waals surface area contributed by atoms with E-state index in [-0.39, 0.29) is 39.1 Å². The van der Waals surface area contributed by atoms with Crippen molar-refractivity contribution in [3.05, 3.63) is 0 Å². The van der Waals surface area contributed by atoms with E-state index < -0.39 is 5.92 Å². The van der Waals surface area contributed by atoms with E-state index in [1.165, 1.54) is 20.8 Å². The minimum Gasteiger partial charge on any atom is -0.299 e. The van der Waals surface area contributed by atoms with Gasteiger partial charge >= 0.3 is 0 Å². The fourth-order valence-corrected chi connectivity index (χ4v) is 0.859. The Hall–Kier alpha value is -0.276. The predicted molar refractivity (Wildman–Crippen MR) is 35.5 cm³/mol. The zero-order chi connectivity index (χ0) is 8.31. The van der Waals surface area contributed by atoms with Gasteiger partial charge in [-0.1, -0.05) is 0 Å². The SMILES string of the molecule is CC(=O)C(C(C)=O)C(C)=O.[Ti]. The molecule has 60 valence electrons. The Balaban J connectivity index is 0. The zero-order valence-corrected chi connectivity index (χ0v) is 8.36. The van der Waals surface area contributed by atoms with Crippen molar-refractivity contribution >= 4 is 17.3 Å². The molecule has 0 saturated carbocycles. The van der Waals surface area contributed by atoms with Gasteiger partial charge in [0.1, 0.15) is 23.3 Å². The molecule has 0 aliphatic rings. The molecule has 0 aliphatic heterocycles. The second kappa shape index (κ2) is 5.38. The molecule has 0 amide bonds. The first-order chi connectivity index (χ1) is 4.46. The minimum atomic E-state index is -1.03. The van der Waals surface area contributed by atoms with Crippen LogP contribution in [0.1, 0.15) is 20.8 Å². The van der Waals surface area contributed by atoms with Gasteiger partial charge in [0, 0.05) is 21.7 Å². The molecule has 0 unspecified atom stereocenters. The molecule has 0 rings (SSSR count). The molecule has 0 saturated heterocycles. The summed E-state index contributed by atoms with van der Waals surface area (Å²) in [4.78, 5) is 31.8. The van der Waals surface area contributed by atoms with Crippen LogP contribution in [-0.2, 0) is 36.1 Å². The van der Waals surface area contributed by atoms with Crippen LogP contribution in [0.2, 0.25) is 0 Å². The monoisotopic (exact) mass is 190 g/mol. The third kappa shape index (κ3) is 4.22. The fraction of sp³-hybridized carbons (Fsp3) is 0.571. The van der Waals surface area contributed by atoms with E-state index in [1.54, 1.807) is 0 Å². The molecule has 0 spiro atoms. The second-order valence-corrected chi connectivity index (χ2v) is 2.26. The Labute approximate surface area is 80.4 Å². The number of hydrogen-bond acceptors (Lipinski definition) is 3. The molecule has 0 aromatic carbocycles. The molecule has 0 aromatic heterocycles. The summed E-state index contributed by atoms with van der Waals surface area (Å²) < 4.78 is 0. The third-order valence-electron chi connectivity index (χ3n) is 1.22. The first-order valence-corrected chi connectivity index (χ1v) is 2.98. The van der Waals surface area contributed by atoms with Gasteiger partial charge in [-0.25, -0.2) is 0 Å². The molecule has 0 aliphatic carbocycles. The van der Waals surface area contributed by atoms with Gasteiger partial charge in [0.05, 0.1) is 0 Å². The van der Waals surface area contributed by atoms with Crippen molar-refractivity contribution in [2.45, 2.75) is 20.8 Å². The standard InChI is InChI=1S/C7H10O3.Ti/c1-4(8)7(5(2)9)6(3)10;/h7H,1-3H3;. The molecular weight excluding hydrogens is 180 g/mol. The first kappa shape index (κ1) is 13.3. The van der Waals surface area contributed by atoms with E-state index in [2.05, 4.69) is 0 Å². The molecule has 11 heavy (non-hydrogen) atoms. The maximum absolute atomic E-state index is 10.6. The molecule has 0 radical (unpaired) electrons. The largest absolute Gasteiger partial charge is 0.299 e. The van der Waals surface area contributed by atoms with Crippen LogP contribution in [0.15, 0.2) is 0 Å². The van der Waals surface area contributed by atoms with Gasteiger partial charge in [-0.05, 0) is 20.8 Å². The van der Waals surface area contributed by atoms with Crippen LogP contribution < -0.4 is 0 Å². The topological polar surface area (TPSA) is 51.2 Å². The minimum absolute atomic E-state index is 0. The molecule has 0 fully saturated rings. The van der Waals surface area contributed by atoms with Crippen molar-refractivity contribution in [1.82, 2.24) is 0 Å². The van der Waals surface area contributed by atoms with E-state index >= 15 is 0 Å². The Bertz CT molecular complexity index is 153. The number of carbonyl (C=O) groups is 3. The third-order valence-corrected chi connectivity index (χ3v) is 1.22. The number of ketones is 3. The summed E-state index contributed by atoms with van der Waals surface area (Å²) in [7, 11) is 0. The summed E-state index contributed by atoms with van der Waals surface area (Å²) in [6, 6.07) is 0. The summed E-state index contributed by atoms with van der Waals surface area (Å²) in [5.41, 5.74) is 0. The Morgan fingerprint density at radius 1 is 0.818 bits per heavy atom. The summed E-state index contributed by atoms with van der Waals surface area (Å²) >= 11 is 0. The number of Topliss-reactive ketones (excluding diaryl/α,β-unsaturated/α-hetero) is 3. The van der Waals surface area contributed by atoms with E-state index in [0.29, 0.717) is 0 Å². The van der Waals surface area contributed by atoms with Crippen molar-refractivity contribution in [3.63, 3.8) is 0 Å². The van der Waals surface area contributed by atoms with Crippen molar-refractivity contribution in [2.75, 3.05) is 0 Å². The first-order valence-electron chi connectivity index (χ1n) is 2.98. The quantitative estimate of drug-likeness (QED) is 0.477. The Morgan fingerprint density at radius 3 is 1.00 bits per heavy atom. The van der Waals surface area contributed by atoms with Gasteiger partial charge in [0.25, 0.3) is 0 Å². The Morgan fingerprint density at radius 2 is 1.00 bits per heavy atom. The molecule has 0 bridgehead atoms. The smallest absolute Gasteiger partial charge is 0.147 e. The van der Waals surface area contributed by atoms with Crippen molar-refractivity contribution in [3.8, 4) is 0 Å². The molecule has 4 heteroatoms. The van der Waals surface area contributed by atoms with Crippen LogP contribution in [0.25, 0.3) is 0 Å². The van der Waals surface area contributed by atoms with Crippen molar-refractivity contribution in [2.24, 2.45) is 5.92 Å². The number of carbonyl (C=O) groups excluding carboxylic acids is 3. The van der Waals surface area contributed by atoms with Crippen LogP contribution in [-0.4, -0.2) is 17.3 Å². The summed E-state index contributed by atoms with van der Waals surface area (Å²) in [5.74, 6) is -2.15. The zero-order valence-electron chi connectivity index (χ0n) is 6.80. The second-order valence-electron chi connectivity index (χ2n) is 2.26. The van der Waals surface area contributed by atoms with Gasteiger partial charge in [-0.3, -0.25) is 14.4 Å². The molecular formula is C7H10O3Ti. The normalized spacial score (nSPS) is 8.73. The van der Waals surface area contributed by atoms with Gasteiger partial charge in [-0.15, -0.1) is 0 Å².